The smallest absolute Gasteiger partial charge is 0.386 e. The summed E-state index contributed by atoms with van der Waals surface area (Å²) in [7, 11) is -17.0. The van der Waals surface area contributed by atoms with E-state index in [1.807, 2.05) is 10.9 Å². The lowest BCUT2D eigenvalue weighted by Crippen LogP contribution is -2.48. The Kier molecular flexibility index (Phi) is 8.35. The number of hydrogen-bond donors (Lipinski definition) is 7. The number of aryl methyl sites for hydroxylation is 1. The van der Waals surface area contributed by atoms with E-state index >= 15 is 0 Å². The SMILES string of the molecule is Cc1cc(=O)[nH]c(=O)n1[C@@H]1O[C@H](COP(=O)(O)OP(=O)(O)OP(=O)(O)O)C(O)[C@]1(O)C#CCl. The summed E-state index contributed by atoms with van der Waals surface area (Å²) in [6, 6.07) is 0.949. The Balaban J connectivity index is 2.29. The minimum Gasteiger partial charge on any atom is -0.386 e. The van der Waals surface area contributed by atoms with Crippen molar-refractivity contribution in [1.82, 2.24) is 9.55 Å². The molecule has 0 amide bonds. The molecule has 1 fully saturated rings. The van der Waals surface area contributed by atoms with Crippen molar-refractivity contribution in [3.05, 3.63) is 32.6 Å². The number of ether oxygens (including phenoxy) is 1. The molecule has 6 atom stereocenters. The third kappa shape index (κ3) is 6.92. The van der Waals surface area contributed by atoms with Crippen LogP contribution < -0.4 is 11.2 Å². The summed E-state index contributed by atoms with van der Waals surface area (Å²) in [5.41, 5.74) is -4.55. The predicted octanol–water partition coefficient (Wildman–Crippen LogP) is -1.62. The van der Waals surface area contributed by atoms with Crippen molar-refractivity contribution >= 4 is 35.1 Å². The zero-order valence-electron chi connectivity index (χ0n) is 16.0. The highest BCUT2D eigenvalue weighted by Crippen LogP contribution is 2.66. The van der Waals surface area contributed by atoms with Crippen LogP contribution in [0.4, 0.5) is 0 Å². The first-order chi connectivity index (χ1) is 14.9. The zero-order chi connectivity index (χ0) is 25.4. The average Bonchev–Trinajstić information content (AvgIpc) is 2.81. The molecule has 17 nitrogen and oxygen atoms in total. The van der Waals surface area contributed by atoms with E-state index in [2.05, 4.69) is 13.1 Å². The van der Waals surface area contributed by atoms with E-state index in [0.717, 1.165) is 6.07 Å². The summed E-state index contributed by atoms with van der Waals surface area (Å²) in [6.07, 6.45) is -5.68. The van der Waals surface area contributed by atoms with Crippen molar-refractivity contribution in [1.29, 1.82) is 0 Å². The molecule has 7 N–H and O–H groups in total. The Hall–Kier alpha value is -1.18. The Morgan fingerprint density at radius 2 is 1.82 bits per heavy atom. The Bertz CT molecular complexity index is 1230. The molecular weight excluding hydrogens is 541 g/mol. The van der Waals surface area contributed by atoms with E-state index in [1.54, 1.807) is 5.38 Å². The molecule has 1 aliphatic rings. The fourth-order valence-corrected chi connectivity index (χ4v) is 5.94. The maximum absolute atomic E-state index is 12.2. The fraction of sp³-hybridized carbons (Fsp3) is 0.500. The molecule has 186 valence electrons. The molecule has 2 rings (SSSR count). The molecule has 0 aromatic carbocycles. The van der Waals surface area contributed by atoms with Gasteiger partial charge < -0.3 is 34.5 Å². The standard InChI is InChI=1S/C12H16ClN2O15P3/c1-6-4-8(16)14-11(18)15(6)10-12(19,2-3-13)9(17)7(28-10)5-27-32(23,24)30-33(25,26)29-31(20,21)22/h4,7,9-10,17,19H,5H2,1H3,(H,23,24)(H,25,26)(H,14,16,18)(H2,20,21,22)/t7-,9?,10-,12-/m1/s1. The number of H-pyrrole nitrogens is 1. The van der Waals surface area contributed by atoms with E-state index in [1.165, 1.54) is 6.92 Å². The van der Waals surface area contributed by atoms with E-state index in [9.17, 15) is 38.4 Å². The maximum atomic E-state index is 12.2. The van der Waals surface area contributed by atoms with Gasteiger partial charge in [-0.2, -0.15) is 8.62 Å². The van der Waals surface area contributed by atoms with Gasteiger partial charge in [0.1, 0.15) is 12.2 Å². The first kappa shape index (κ1) is 28.1. The second-order valence-corrected chi connectivity index (χ2v) is 11.0. The van der Waals surface area contributed by atoms with Gasteiger partial charge in [0.2, 0.25) is 5.60 Å². The van der Waals surface area contributed by atoms with Crippen LogP contribution in [0, 0.1) is 18.2 Å². The van der Waals surface area contributed by atoms with Crippen LogP contribution in [-0.4, -0.2) is 63.8 Å². The van der Waals surface area contributed by atoms with Crippen molar-refractivity contribution in [2.45, 2.75) is 31.0 Å². The number of aromatic amines is 1. The molecule has 1 aliphatic heterocycles. The van der Waals surface area contributed by atoms with E-state index in [4.69, 9.17) is 31.0 Å². The van der Waals surface area contributed by atoms with Crippen LogP contribution in [-0.2, 0) is 31.6 Å². The summed E-state index contributed by atoms with van der Waals surface area (Å²) in [5.74, 6) is 2.01. The second-order valence-electron chi connectivity index (χ2n) is 6.35. The zero-order valence-corrected chi connectivity index (χ0v) is 19.5. The first-order valence-corrected chi connectivity index (χ1v) is 13.1. The number of hydrogen-bond acceptors (Lipinski definition) is 11. The van der Waals surface area contributed by atoms with Crippen LogP contribution >= 0.6 is 35.1 Å². The van der Waals surface area contributed by atoms with Gasteiger partial charge in [0, 0.05) is 17.1 Å². The number of nitrogens with zero attached hydrogens (tertiary/aromatic N) is 1. The van der Waals surface area contributed by atoms with Gasteiger partial charge in [0.15, 0.2) is 6.23 Å². The third-order valence-electron chi connectivity index (χ3n) is 3.95. The maximum Gasteiger partial charge on any atom is 0.490 e. The van der Waals surface area contributed by atoms with Crippen molar-refractivity contribution in [3.63, 3.8) is 0 Å². The molecule has 1 aromatic rings. The predicted molar refractivity (Wildman–Crippen MR) is 104 cm³/mol. The van der Waals surface area contributed by atoms with Crippen LogP contribution in [0.1, 0.15) is 11.9 Å². The van der Waals surface area contributed by atoms with E-state index in [-0.39, 0.29) is 5.69 Å². The second kappa shape index (κ2) is 9.82. The lowest BCUT2D eigenvalue weighted by atomic mass is 9.95. The number of aromatic nitrogens is 2. The van der Waals surface area contributed by atoms with Crippen LogP contribution in [0.2, 0.25) is 0 Å². The number of aliphatic hydroxyl groups is 2. The van der Waals surface area contributed by atoms with Crippen LogP contribution in [0.5, 0.6) is 0 Å². The van der Waals surface area contributed by atoms with Crippen molar-refractivity contribution in [3.8, 4) is 11.3 Å². The van der Waals surface area contributed by atoms with Crippen LogP contribution in [0.25, 0.3) is 0 Å². The van der Waals surface area contributed by atoms with Gasteiger partial charge >= 0.3 is 29.2 Å². The number of phosphoric ester groups is 1. The lowest BCUT2D eigenvalue weighted by Gasteiger charge is -2.27. The third-order valence-corrected chi connectivity index (χ3v) is 7.85. The minimum atomic E-state index is -5.80. The van der Waals surface area contributed by atoms with Gasteiger partial charge in [-0.15, -0.1) is 0 Å². The molecule has 1 saturated heterocycles. The number of aliphatic hydroxyl groups excluding tert-OH is 1. The number of rotatable bonds is 8. The van der Waals surface area contributed by atoms with E-state index < -0.39 is 65.4 Å². The topological polar surface area (TPSA) is 264 Å². The Morgan fingerprint density at radius 3 is 2.33 bits per heavy atom. The molecule has 21 heteroatoms. The number of nitrogens with one attached hydrogen (secondary N) is 1. The average molecular weight is 557 g/mol. The van der Waals surface area contributed by atoms with Crippen LogP contribution in [0.15, 0.2) is 15.7 Å². The first-order valence-electron chi connectivity index (χ1n) is 8.20. The summed E-state index contributed by atoms with van der Waals surface area (Å²) in [6.45, 7) is 0.116. The number of halogens is 1. The summed E-state index contributed by atoms with van der Waals surface area (Å²) >= 11 is 5.31. The van der Waals surface area contributed by atoms with Crippen molar-refractivity contribution in [2.75, 3.05) is 6.61 Å². The van der Waals surface area contributed by atoms with Crippen LogP contribution in [0.3, 0.4) is 0 Å². The normalized spacial score (nSPS) is 29.0. The molecule has 3 unspecified atom stereocenters. The molecule has 0 bridgehead atoms. The molecule has 0 aliphatic carbocycles. The van der Waals surface area contributed by atoms with Gasteiger partial charge in [-0.3, -0.25) is 18.9 Å². The van der Waals surface area contributed by atoms with Crippen molar-refractivity contribution < 1.29 is 61.4 Å². The summed E-state index contributed by atoms with van der Waals surface area (Å²) in [5, 5.41) is 23.0. The minimum absolute atomic E-state index is 0.0516. The van der Waals surface area contributed by atoms with Crippen molar-refractivity contribution in [2.24, 2.45) is 0 Å². The fourth-order valence-electron chi connectivity index (χ4n) is 2.76. The molecule has 0 radical (unpaired) electrons. The Morgan fingerprint density at radius 1 is 1.21 bits per heavy atom. The molecule has 0 spiro atoms. The lowest BCUT2D eigenvalue weighted by molar-refractivity contribution is -0.0771. The Labute approximate surface area is 187 Å². The van der Waals surface area contributed by atoms with Gasteiger partial charge in [0.05, 0.1) is 6.61 Å². The molecule has 33 heavy (non-hydrogen) atoms. The molecule has 2 heterocycles. The molecule has 1 aromatic heterocycles. The van der Waals surface area contributed by atoms with Gasteiger partial charge in [0.25, 0.3) is 5.56 Å². The van der Waals surface area contributed by atoms with Gasteiger partial charge in [-0.25, -0.2) is 18.5 Å². The van der Waals surface area contributed by atoms with Gasteiger partial charge in [-0.05, 0) is 24.4 Å². The highest BCUT2D eigenvalue weighted by atomic mass is 35.5. The number of phosphoric acid groups is 3. The molecule has 0 saturated carbocycles. The van der Waals surface area contributed by atoms with Gasteiger partial charge in [-0.1, -0.05) is 0 Å². The highest BCUT2D eigenvalue weighted by Gasteiger charge is 2.57. The highest BCUT2D eigenvalue weighted by molar-refractivity contribution is 7.66. The van der Waals surface area contributed by atoms with E-state index in [0.29, 0.717) is 4.57 Å². The summed E-state index contributed by atoms with van der Waals surface area (Å²) in [4.78, 5) is 61.2. The summed E-state index contributed by atoms with van der Waals surface area (Å²) < 4.78 is 51.3. The monoisotopic (exact) mass is 556 g/mol. The molecular formula is C12H16ClN2O15P3. The quantitative estimate of drug-likeness (QED) is 0.140. The largest absolute Gasteiger partial charge is 0.490 e.